The number of benzene rings is 1. The van der Waals surface area contributed by atoms with Crippen molar-refractivity contribution in [1.29, 1.82) is 0 Å². The van der Waals surface area contributed by atoms with Crippen LogP contribution in [0.2, 0.25) is 0 Å². The molecular formula is C15H21NO3S. The molecule has 0 aliphatic heterocycles. The molecule has 0 amide bonds. The first-order chi connectivity index (χ1) is 9.42. The Balaban J connectivity index is 2.09. The number of aliphatic hydroxyl groups is 1. The predicted molar refractivity (Wildman–Crippen MR) is 79.0 cm³/mol. The molecule has 5 heteroatoms. The smallest absolute Gasteiger partial charge is 0.241 e. The van der Waals surface area contributed by atoms with Crippen molar-refractivity contribution in [3.05, 3.63) is 42.0 Å². The van der Waals surface area contributed by atoms with E-state index in [9.17, 15) is 8.42 Å². The molecule has 1 aromatic rings. The lowest BCUT2D eigenvalue weighted by Gasteiger charge is -2.14. The molecule has 1 aliphatic carbocycles. The van der Waals surface area contributed by atoms with Gasteiger partial charge in [-0.05, 0) is 30.0 Å². The third-order valence-corrected chi connectivity index (χ3v) is 5.08. The molecule has 20 heavy (non-hydrogen) atoms. The second-order valence-corrected chi connectivity index (χ2v) is 7.23. The standard InChI is InChI=1S/C15H21NO3S/c1-11(2)13-4-7-15(8-5-13)20(18,19)16-14-6-3-12(9-14)10-17/h3-8,11-12,14,16-17H,9-10H2,1-2H3/t12-,14+/m0/s1. The summed E-state index contributed by atoms with van der Waals surface area (Å²) in [5.41, 5.74) is 1.12. The highest BCUT2D eigenvalue weighted by Gasteiger charge is 2.24. The van der Waals surface area contributed by atoms with Crippen LogP contribution in [0.25, 0.3) is 0 Å². The molecular weight excluding hydrogens is 274 g/mol. The zero-order valence-electron chi connectivity index (χ0n) is 11.8. The molecule has 0 spiro atoms. The molecule has 0 radical (unpaired) electrons. The summed E-state index contributed by atoms with van der Waals surface area (Å²) in [6.07, 6.45) is 4.27. The van der Waals surface area contributed by atoms with Gasteiger partial charge in [-0.25, -0.2) is 13.1 Å². The summed E-state index contributed by atoms with van der Waals surface area (Å²) in [5.74, 6) is 0.425. The number of nitrogens with one attached hydrogen (secondary N) is 1. The van der Waals surface area contributed by atoms with Crippen molar-refractivity contribution in [2.75, 3.05) is 6.61 Å². The molecule has 110 valence electrons. The average Bonchev–Trinajstić information content (AvgIpc) is 2.85. The van der Waals surface area contributed by atoms with E-state index in [0.717, 1.165) is 5.56 Å². The van der Waals surface area contributed by atoms with Gasteiger partial charge in [-0.3, -0.25) is 0 Å². The highest BCUT2D eigenvalue weighted by atomic mass is 32.2. The number of hydrogen-bond donors (Lipinski definition) is 2. The Morgan fingerprint density at radius 2 is 1.90 bits per heavy atom. The fraction of sp³-hybridized carbons (Fsp3) is 0.467. The molecule has 0 aromatic heterocycles. The fourth-order valence-corrected chi connectivity index (χ4v) is 3.50. The summed E-state index contributed by atoms with van der Waals surface area (Å²) in [7, 11) is -3.50. The molecule has 2 rings (SSSR count). The van der Waals surface area contributed by atoms with Crippen LogP contribution >= 0.6 is 0 Å². The zero-order valence-corrected chi connectivity index (χ0v) is 12.6. The number of sulfonamides is 1. The first-order valence-electron chi connectivity index (χ1n) is 6.84. The van der Waals surface area contributed by atoms with Gasteiger partial charge in [-0.2, -0.15) is 0 Å². The third-order valence-electron chi connectivity index (χ3n) is 3.57. The van der Waals surface area contributed by atoms with E-state index in [4.69, 9.17) is 5.11 Å². The molecule has 2 atom stereocenters. The van der Waals surface area contributed by atoms with Gasteiger partial charge >= 0.3 is 0 Å². The van der Waals surface area contributed by atoms with Crippen molar-refractivity contribution >= 4 is 10.0 Å². The van der Waals surface area contributed by atoms with E-state index in [1.807, 2.05) is 18.2 Å². The normalized spacial score (nSPS) is 22.6. The Labute approximate surface area is 120 Å². The van der Waals surface area contributed by atoms with Gasteiger partial charge in [0.25, 0.3) is 0 Å². The van der Waals surface area contributed by atoms with Gasteiger partial charge in [0.15, 0.2) is 0 Å². The summed E-state index contributed by atoms with van der Waals surface area (Å²) in [5, 5.41) is 9.05. The van der Waals surface area contributed by atoms with Crippen molar-refractivity contribution < 1.29 is 13.5 Å². The SMILES string of the molecule is CC(C)c1ccc(S(=O)(=O)N[C@@H]2C=C[C@H](CO)C2)cc1. The summed E-state index contributed by atoms with van der Waals surface area (Å²) in [4.78, 5) is 0.280. The van der Waals surface area contributed by atoms with Crippen LogP contribution in [0.5, 0.6) is 0 Å². The predicted octanol–water partition coefficient (Wildman–Crippen LogP) is 2.03. The van der Waals surface area contributed by atoms with Crippen LogP contribution in [0.15, 0.2) is 41.3 Å². The van der Waals surface area contributed by atoms with Crippen LogP contribution in [0.3, 0.4) is 0 Å². The topological polar surface area (TPSA) is 66.4 Å². The zero-order chi connectivity index (χ0) is 14.8. The molecule has 0 fully saturated rings. The van der Waals surface area contributed by atoms with Gasteiger partial charge in [0, 0.05) is 18.6 Å². The maximum absolute atomic E-state index is 12.3. The van der Waals surface area contributed by atoms with Gasteiger partial charge in [0.05, 0.1) is 4.90 Å². The molecule has 1 aromatic carbocycles. The van der Waals surface area contributed by atoms with Crippen LogP contribution in [0.4, 0.5) is 0 Å². The summed E-state index contributed by atoms with van der Waals surface area (Å²) >= 11 is 0. The average molecular weight is 295 g/mol. The summed E-state index contributed by atoms with van der Waals surface area (Å²) < 4.78 is 27.2. The molecule has 4 nitrogen and oxygen atoms in total. The monoisotopic (exact) mass is 295 g/mol. The van der Waals surface area contributed by atoms with E-state index in [1.165, 1.54) is 0 Å². The Hall–Kier alpha value is -1.17. The fourth-order valence-electron chi connectivity index (χ4n) is 2.30. The maximum atomic E-state index is 12.3. The lowest BCUT2D eigenvalue weighted by molar-refractivity contribution is 0.248. The van der Waals surface area contributed by atoms with Crippen molar-refractivity contribution in [3.63, 3.8) is 0 Å². The lowest BCUT2D eigenvalue weighted by atomic mass is 10.0. The van der Waals surface area contributed by atoms with Gasteiger partial charge in [0.1, 0.15) is 0 Å². The number of hydrogen-bond acceptors (Lipinski definition) is 3. The lowest BCUT2D eigenvalue weighted by Crippen LogP contribution is -2.32. The quantitative estimate of drug-likeness (QED) is 0.817. The highest BCUT2D eigenvalue weighted by Crippen LogP contribution is 2.21. The second-order valence-electron chi connectivity index (χ2n) is 5.51. The maximum Gasteiger partial charge on any atom is 0.241 e. The van der Waals surface area contributed by atoms with E-state index in [1.54, 1.807) is 18.2 Å². The van der Waals surface area contributed by atoms with Crippen LogP contribution in [-0.4, -0.2) is 26.2 Å². The first kappa shape index (κ1) is 15.2. The summed E-state index contributed by atoms with van der Waals surface area (Å²) in [6, 6.07) is 6.74. The molecule has 0 heterocycles. The number of aliphatic hydroxyl groups excluding tert-OH is 1. The van der Waals surface area contributed by atoms with Gasteiger partial charge < -0.3 is 5.11 Å². The molecule has 2 N–H and O–H groups in total. The van der Waals surface area contributed by atoms with E-state index >= 15 is 0 Å². The Kier molecular flexibility index (Phi) is 4.62. The molecule has 0 unspecified atom stereocenters. The van der Waals surface area contributed by atoms with Crippen molar-refractivity contribution in [1.82, 2.24) is 4.72 Å². The van der Waals surface area contributed by atoms with Gasteiger partial charge in [0.2, 0.25) is 10.0 Å². The van der Waals surface area contributed by atoms with E-state index < -0.39 is 10.0 Å². The minimum Gasteiger partial charge on any atom is -0.396 e. The van der Waals surface area contributed by atoms with E-state index in [0.29, 0.717) is 12.3 Å². The minimum absolute atomic E-state index is 0.0472. The second kappa shape index (κ2) is 6.08. The van der Waals surface area contributed by atoms with Crippen LogP contribution < -0.4 is 4.72 Å². The van der Waals surface area contributed by atoms with Crippen molar-refractivity contribution in [2.24, 2.45) is 5.92 Å². The summed E-state index contributed by atoms with van der Waals surface area (Å²) in [6.45, 7) is 4.19. The first-order valence-corrected chi connectivity index (χ1v) is 8.32. The number of rotatable bonds is 5. The minimum atomic E-state index is -3.50. The molecule has 0 saturated heterocycles. The van der Waals surface area contributed by atoms with Gasteiger partial charge in [-0.15, -0.1) is 0 Å². The third kappa shape index (κ3) is 3.48. The Morgan fingerprint density at radius 3 is 2.40 bits per heavy atom. The van der Waals surface area contributed by atoms with E-state index in [-0.39, 0.29) is 23.5 Å². The largest absolute Gasteiger partial charge is 0.396 e. The molecule has 1 aliphatic rings. The Bertz CT molecular complexity index is 576. The van der Waals surface area contributed by atoms with Crippen LogP contribution in [0.1, 0.15) is 31.7 Å². The van der Waals surface area contributed by atoms with Crippen LogP contribution in [-0.2, 0) is 10.0 Å². The van der Waals surface area contributed by atoms with E-state index in [2.05, 4.69) is 18.6 Å². The van der Waals surface area contributed by atoms with Crippen LogP contribution in [0, 0.1) is 5.92 Å². The Morgan fingerprint density at radius 1 is 1.25 bits per heavy atom. The molecule has 0 saturated carbocycles. The highest BCUT2D eigenvalue weighted by molar-refractivity contribution is 7.89. The molecule has 0 bridgehead atoms. The van der Waals surface area contributed by atoms with Gasteiger partial charge in [-0.1, -0.05) is 38.1 Å². The van der Waals surface area contributed by atoms with Crippen molar-refractivity contribution in [2.45, 2.75) is 37.1 Å². The van der Waals surface area contributed by atoms with Crippen molar-refractivity contribution in [3.8, 4) is 0 Å².